The lowest BCUT2D eigenvalue weighted by atomic mass is 10.1. The predicted molar refractivity (Wildman–Crippen MR) is 65.3 cm³/mol. The predicted octanol–water partition coefficient (Wildman–Crippen LogP) is 2.10. The summed E-state index contributed by atoms with van der Waals surface area (Å²) in [4.78, 5) is 22.4. The SMILES string of the molecule is Cc1ccc(Cl)cc1C(=O)NCC(C)C(=O)O. The van der Waals surface area contributed by atoms with Crippen LogP contribution in [-0.2, 0) is 4.79 Å². The van der Waals surface area contributed by atoms with Crippen molar-refractivity contribution in [2.45, 2.75) is 13.8 Å². The highest BCUT2D eigenvalue weighted by Gasteiger charge is 2.14. The van der Waals surface area contributed by atoms with Crippen molar-refractivity contribution in [2.24, 2.45) is 5.92 Å². The second-order valence-corrected chi connectivity index (χ2v) is 4.34. The van der Waals surface area contributed by atoms with Crippen molar-refractivity contribution < 1.29 is 14.7 Å². The number of hydrogen-bond acceptors (Lipinski definition) is 2. The Kier molecular flexibility index (Phi) is 4.52. The molecule has 1 unspecified atom stereocenters. The average Bonchev–Trinajstić information content (AvgIpc) is 2.28. The van der Waals surface area contributed by atoms with Crippen molar-refractivity contribution in [2.75, 3.05) is 6.54 Å². The van der Waals surface area contributed by atoms with Crippen LogP contribution in [0, 0.1) is 12.8 Å². The van der Waals surface area contributed by atoms with Crippen molar-refractivity contribution >= 4 is 23.5 Å². The molecule has 0 fully saturated rings. The number of carboxylic acid groups (broad SMARTS) is 1. The molecule has 0 radical (unpaired) electrons. The summed E-state index contributed by atoms with van der Waals surface area (Å²) in [7, 11) is 0. The van der Waals surface area contributed by atoms with E-state index in [-0.39, 0.29) is 12.5 Å². The average molecular weight is 256 g/mol. The molecule has 1 aromatic rings. The number of amides is 1. The smallest absolute Gasteiger partial charge is 0.308 e. The fourth-order valence-electron chi connectivity index (χ4n) is 1.27. The van der Waals surface area contributed by atoms with E-state index in [2.05, 4.69) is 5.32 Å². The summed E-state index contributed by atoms with van der Waals surface area (Å²) in [5.74, 6) is -1.86. The van der Waals surface area contributed by atoms with Crippen LogP contribution < -0.4 is 5.32 Å². The third-order valence-corrected chi connectivity index (χ3v) is 2.67. The zero-order chi connectivity index (χ0) is 13.0. The van der Waals surface area contributed by atoms with Crippen LogP contribution in [0.1, 0.15) is 22.8 Å². The van der Waals surface area contributed by atoms with E-state index in [0.717, 1.165) is 5.56 Å². The molecule has 1 amide bonds. The Bertz CT molecular complexity index is 445. The number of aryl methyl sites for hydroxylation is 1. The van der Waals surface area contributed by atoms with Gasteiger partial charge in [0, 0.05) is 17.1 Å². The lowest BCUT2D eigenvalue weighted by molar-refractivity contribution is -0.140. The summed E-state index contributed by atoms with van der Waals surface area (Å²) in [5.41, 5.74) is 1.27. The Hall–Kier alpha value is -1.55. The molecule has 17 heavy (non-hydrogen) atoms. The number of carbonyl (C=O) groups is 2. The number of carboxylic acids is 1. The summed E-state index contributed by atoms with van der Waals surface area (Å²) < 4.78 is 0. The van der Waals surface area contributed by atoms with Gasteiger partial charge in [0.1, 0.15) is 0 Å². The standard InChI is InChI=1S/C12H14ClNO3/c1-7-3-4-9(13)5-10(7)11(15)14-6-8(2)12(16)17/h3-5,8H,6H2,1-2H3,(H,14,15)(H,16,17). The monoisotopic (exact) mass is 255 g/mol. The number of hydrogen-bond donors (Lipinski definition) is 2. The molecule has 0 saturated heterocycles. The molecule has 1 rings (SSSR count). The van der Waals surface area contributed by atoms with E-state index >= 15 is 0 Å². The van der Waals surface area contributed by atoms with Gasteiger partial charge in [-0.25, -0.2) is 0 Å². The Balaban J connectivity index is 2.70. The molecule has 5 heteroatoms. The maximum absolute atomic E-state index is 11.8. The normalized spacial score (nSPS) is 11.9. The molecule has 1 aromatic carbocycles. The number of nitrogens with one attached hydrogen (secondary N) is 1. The van der Waals surface area contributed by atoms with Crippen LogP contribution in [0.5, 0.6) is 0 Å². The van der Waals surface area contributed by atoms with Crippen molar-refractivity contribution in [1.29, 1.82) is 0 Å². The quantitative estimate of drug-likeness (QED) is 0.866. The molecule has 0 aromatic heterocycles. The molecule has 0 aliphatic heterocycles. The number of halogens is 1. The van der Waals surface area contributed by atoms with Crippen molar-refractivity contribution in [1.82, 2.24) is 5.32 Å². The van der Waals surface area contributed by atoms with Gasteiger partial charge in [0.2, 0.25) is 0 Å². The maximum Gasteiger partial charge on any atom is 0.308 e. The number of rotatable bonds is 4. The molecule has 4 nitrogen and oxygen atoms in total. The molecule has 0 aliphatic carbocycles. The van der Waals surface area contributed by atoms with E-state index in [1.54, 1.807) is 25.1 Å². The van der Waals surface area contributed by atoms with Crippen molar-refractivity contribution in [3.63, 3.8) is 0 Å². The lowest BCUT2D eigenvalue weighted by Crippen LogP contribution is -2.31. The molecule has 0 aliphatic rings. The van der Waals surface area contributed by atoms with Gasteiger partial charge in [-0.1, -0.05) is 24.6 Å². The zero-order valence-electron chi connectivity index (χ0n) is 9.66. The second-order valence-electron chi connectivity index (χ2n) is 3.91. The summed E-state index contributed by atoms with van der Waals surface area (Å²) in [6.07, 6.45) is 0. The van der Waals surface area contributed by atoms with Gasteiger partial charge in [-0.3, -0.25) is 9.59 Å². The summed E-state index contributed by atoms with van der Waals surface area (Å²) in [6.45, 7) is 3.43. The van der Waals surface area contributed by atoms with E-state index in [1.807, 2.05) is 0 Å². The van der Waals surface area contributed by atoms with Crippen LogP contribution in [-0.4, -0.2) is 23.5 Å². The van der Waals surface area contributed by atoms with Gasteiger partial charge in [0.25, 0.3) is 5.91 Å². The number of benzene rings is 1. The van der Waals surface area contributed by atoms with Crippen LogP contribution in [0.3, 0.4) is 0 Å². The van der Waals surface area contributed by atoms with E-state index in [1.165, 1.54) is 6.92 Å². The fraction of sp³-hybridized carbons (Fsp3) is 0.333. The van der Waals surface area contributed by atoms with Gasteiger partial charge < -0.3 is 10.4 Å². The van der Waals surface area contributed by atoms with Crippen molar-refractivity contribution in [3.8, 4) is 0 Å². The largest absolute Gasteiger partial charge is 0.481 e. The highest BCUT2D eigenvalue weighted by atomic mass is 35.5. The summed E-state index contributed by atoms with van der Waals surface area (Å²) in [6, 6.07) is 5.02. The van der Waals surface area contributed by atoms with Gasteiger partial charge in [-0.2, -0.15) is 0 Å². The van der Waals surface area contributed by atoms with Crippen LogP contribution >= 0.6 is 11.6 Å². The highest BCUT2D eigenvalue weighted by Crippen LogP contribution is 2.15. The minimum Gasteiger partial charge on any atom is -0.481 e. The fourth-order valence-corrected chi connectivity index (χ4v) is 1.44. The first-order valence-corrected chi connectivity index (χ1v) is 5.56. The Morgan fingerprint density at radius 1 is 1.47 bits per heavy atom. The Morgan fingerprint density at radius 2 is 2.12 bits per heavy atom. The lowest BCUT2D eigenvalue weighted by Gasteiger charge is -2.10. The third-order valence-electron chi connectivity index (χ3n) is 2.43. The second kappa shape index (κ2) is 5.68. The first-order valence-electron chi connectivity index (χ1n) is 5.19. The van der Waals surface area contributed by atoms with E-state index in [0.29, 0.717) is 10.6 Å². The summed E-state index contributed by atoms with van der Waals surface area (Å²) >= 11 is 5.80. The zero-order valence-corrected chi connectivity index (χ0v) is 10.4. The third kappa shape index (κ3) is 3.75. The van der Waals surface area contributed by atoms with Gasteiger partial charge in [0.15, 0.2) is 0 Å². The molecule has 0 bridgehead atoms. The first kappa shape index (κ1) is 13.5. The molecular weight excluding hydrogens is 242 g/mol. The van der Waals surface area contributed by atoms with Gasteiger partial charge in [-0.15, -0.1) is 0 Å². The van der Waals surface area contributed by atoms with Gasteiger partial charge in [-0.05, 0) is 24.6 Å². The first-order chi connectivity index (χ1) is 7.91. The molecular formula is C12H14ClNO3. The maximum atomic E-state index is 11.8. The minimum absolute atomic E-state index is 0.0973. The molecule has 0 spiro atoms. The van der Waals surface area contributed by atoms with E-state index < -0.39 is 11.9 Å². The number of carbonyl (C=O) groups excluding carboxylic acids is 1. The van der Waals surface area contributed by atoms with Crippen LogP contribution in [0.25, 0.3) is 0 Å². The van der Waals surface area contributed by atoms with Crippen LogP contribution in [0.2, 0.25) is 5.02 Å². The molecule has 0 saturated carbocycles. The van der Waals surface area contributed by atoms with Crippen LogP contribution in [0.15, 0.2) is 18.2 Å². The van der Waals surface area contributed by atoms with E-state index in [9.17, 15) is 9.59 Å². The van der Waals surface area contributed by atoms with Crippen molar-refractivity contribution in [3.05, 3.63) is 34.3 Å². The topological polar surface area (TPSA) is 66.4 Å². The molecule has 92 valence electrons. The Labute approximate surface area is 105 Å². The molecule has 0 heterocycles. The molecule has 1 atom stereocenters. The van der Waals surface area contributed by atoms with Crippen LogP contribution in [0.4, 0.5) is 0 Å². The summed E-state index contributed by atoms with van der Waals surface area (Å²) in [5, 5.41) is 11.7. The minimum atomic E-state index is -0.937. The Morgan fingerprint density at radius 3 is 2.71 bits per heavy atom. The van der Waals surface area contributed by atoms with Gasteiger partial charge >= 0.3 is 5.97 Å². The highest BCUT2D eigenvalue weighted by molar-refractivity contribution is 6.31. The van der Waals surface area contributed by atoms with Gasteiger partial charge in [0.05, 0.1) is 5.92 Å². The van der Waals surface area contributed by atoms with E-state index in [4.69, 9.17) is 16.7 Å². The molecule has 2 N–H and O–H groups in total. The number of aliphatic carboxylic acids is 1.